The highest BCUT2D eigenvalue weighted by atomic mass is 16.6. The van der Waals surface area contributed by atoms with Crippen molar-refractivity contribution in [3.63, 3.8) is 0 Å². The van der Waals surface area contributed by atoms with Gasteiger partial charge in [-0.3, -0.25) is 0 Å². The van der Waals surface area contributed by atoms with E-state index < -0.39 is 6.10 Å². The lowest BCUT2D eigenvalue weighted by Gasteiger charge is -2.62. The summed E-state index contributed by atoms with van der Waals surface area (Å²) in [4.78, 5) is 13.8. The molecule has 1 aliphatic carbocycles. The van der Waals surface area contributed by atoms with E-state index in [0.717, 1.165) is 11.1 Å². The van der Waals surface area contributed by atoms with Gasteiger partial charge in [0.15, 0.2) is 0 Å². The predicted octanol–water partition coefficient (Wildman–Crippen LogP) is 2.78. The summed E-state index contributed by atoms with van der Waals surface area (Å²) in [6.07, 6.45) is -0.832. The molecule has 4 atom stereocenters. The molecule has 4 heteroatoms. The Hall–Kier alpha value is -2.33. The number of hydrogen-bond acceptors (Lipinski definition) is 3. The van der Waals surface area contributed by atoms with Gasteiger partial charge >= 0.3 is 6.09 Å². The normalized spacial score (nSPS) is 28.3. The molecule has 1 heterocycles. The molecule has 0 radical (unpaired) electrons. The van der Waals surface area contributed by atoms with E-state index in [9.17, 15) is 9.90 Å². The zero-order valence-electron chi connectivity index (χ0n) is 12.7. The second-order valence-electron chi connectivity index (χ2n) is 6.27. The maximum absolute atomic E-state index is 12.2. The van der Waals surface area contributed by atoms with E-state index >= 15 is 0 Å². The molecule has 2 aromatic carbocycles. The van der Waals surface area contributed by atoms with E-state index in [1.165, 1.54) is 0 Å². The lowest BCUT2D eigenvalue weighted by molar-refractivity contribution is -0.158. The number of aliphatic hydroxyl groups is 1. The van der Waals surface area contributed by atoms with Crippen LogP contribution in [0.25, 0.3) is 0 Å². The first-order valence-electron chi connectivity index (χ1n) is 7.96. The number of carbonyl (C=O) groups is 1. The highest BCUT2D eigenvalue weighted by Crippen LogP contribution is 2.52. The summed E-state index contributed by atoms with van der Waals surface area (Å²) in [6.45, 7) is 0.931. The third kappa shape index (κ3) is 2.39. The zero-order valence-corrected chi connectivity index (χ0v) is 12.7. The van der Waals surface area contributed by atoms with Gasteiger partial charge in [-0.05, 0) is 11.1 Å². The van der Waals surface area contributed by atoms with Gasteiger partial charge < -0.3 is 14.7 Å². The molecule has 1 amide bonds. The van der Waals surface area contributed by atoms with Crippen molar-refractivity contribution in [1.82, 2.24) is 4.90 Å². The Balaban J connectivity index is 1.34. The van der Waals surface area contributed by atoms with E-state index in [0.29, 0.717) is 12.5 Å². The van der Waals surface area contributed by atoms with E-state index in [1.807, 2.05) is 60.7 Å². The number of aliphatic hydroxyl groups excluding tert-OH is 1. The van der Waals surface area contributed by atoms with Crippen LogP contribution >= 0.6 is 0 Å². The van der Waals surface area contributed by atoms with Gasteiger partial charge in [0.2, 0.25) is 0 Å². The lowest BCUT2D eigenvalue weighted by atomic mass is 9.58. The van der Waals surface area contributed by atoms with Crippen molar-refractivity contribution in [3.05, 3.63) is 71.8 Å². The van der Waals surface area contributed by atoms with Gasteiger partial charge in [0.1, 0.15) is 6.61 Å². The zero-order chi connectivity index (χ0) is 15.8. The topological polar surface area (TPSA) is 49.8 Å². The van der Waals surface area contributed by atoms with Crippen LogP contribution in [-0.4, -0.2) is 34.8 Å². The van der Waals surface area contributed by atoms with Crippen LogP contribution in [0.2, 0.25) is 0 Å². The number of ether oxygens (including phenoxy) is 1. The van der Waals surface area contributed by atoms with Crippen LogP contribution in [0.1, 0.15) is 17.0 Å². The van der Waals surface area contributed by atoms with Crippen molar-refractivity contribution < 1.29 is 14.6 Å². The Morgan fingerprint density at radius 3 is 2.39 bits per heavy atom. The van der Waals surface area contributed by atoms with Gasteiger partial charge in [-0.15, -0.1) is 0 Å². The number of carbonyl (C=O) groups excluding carboxylic acids is 1. The second kappa shape index (κ2) is 5.70. The van der Waals surface area contributed by atoms with Gasteiger partial charge in [-0.25, -0.2) is 4.79 Å². The summed E-state index contributed by atoms with van der Waals surface area (Å²) >= 11 is 0. The number of fused-ring (bicyclic) bond motifs is 1. The fraction of sp³-hybridized carbons (Fsp3) is 0.316. The Labute approximate surface area is 135 Å². The molecule has 1 aliphatic heterocycles. The number of likely N-dealkylation sites (tertiary alicyclic amines) is 1. The maximum Gasteiger partial charge on any atom is 0.410 e. The van der Waals surface area contributed by atoms with Crippen LogP contribution in [0.5, 0.6) is 0 Å². The fourth-order valence-corrected chi connectivity index (χ4v) is 3.75. The third-order valence-electron chi connectivity index (χ3n) is 5.01. The van der Waals surface area contributed by atoms with Gasteiger partial charge in [0.05, 0.1) is 12.1 Å². The SMILES string of the molecule is O=C(OCc1ccccc1)N1C[C@@H]2[C@H](c3ccccc3)[C@@H](O)[C@@H]21. The molecular weight excluding hydrogens is 290 g/mol. The molecule has 2 aliphatic rings. The van der Waals surface area contributed by atoms with Crippen molar-refractivity contribution in [2.75, 3.05) is 6.54 Å². The molecule has 0 spiro atoms. The minimum atomic E-state index is -0.500. The number of benzene rings is 2. The molecule has 4 rings (SSSR count). The van der Waals surface area contributed by atoms with Crippen LogP contribution in [0.3, 0.4) is 0 Å². The quantitative estimate of drug-likeness (QED) is 0.948. The van der Waals surface area contributed by atoms with Crippen LogP contribution in [0.15, 0.2) is 60.7 Å². The number of nitrogens with zero attached hydrogens (tertiary/aromatic N) is 1. The van der Waals surface area contributed by atoms with Crippen LogP contribution in [0.4, 0.5) is 4.79 Å². The van der Waals surface area contributed by atoms with Crippen molar-refractivity contribution in [2.24, 2.45) is 5.92 Å². The first-order valence-corrected chi connectivity index (χ1v) is 7.96. The minimum Gasteiger partial charge on any atom is -0.445 e. The van der Waals surface area contributed by atoms with Gasteiger partial charge in [-0.1, -0.05) is 60.7 Å². The van der Waals surface area contributed by atoms with Crippen molar-refractivity contribution in [2.45, 2.75) is 24.7 Å². The molecule has 0 unspecified atom stereocenters. The number of amides is 1. The molecule has 4 nitrogen and oxygen atoms in total. The molecule has 118 valence electrons. The van der Waals surface area contributed by atoms with Gasteiger partial charge in [-0.2, -0.15) is 0 Å². The third-order valence-corrected chi connectivity index (χ3v) is 5.01. The first-order chi connectivity index (χ1) is 11.3. The van der Waals surface area contributed by atoms with Crippen molar-refractivity contribution >= 4 is 6.09 Å². The van der Waals surface area contributed by atoms with Crippen LogP contribution < -0.4 is 0 Å². The molecule has 0 bridgehead atoms. The van der Waals surface area contributed by atoms with Crippen molar-refractivity contribution in [1.29, 1.82) is 0 Å². The van der Waals surface area contributed by atoms with Gasteiger partial charge in [0, 0.05) is 18.4 Å². The number of piperidine rings is 1. The van der Waals surface area contributed by atoms with Crippen molar-refractivity contribution in [3.8, 4) is 0 Å². The number of rotatable bonds is 3. The largest absolute Gasteiger partial charge is 0.445 e. The van der Waals surface area contributed by atoms with E-state index in [4.69, 9.17) is 4.74 Å². The molecule has 23 heavy (non-hydrogen) atoms. The smallest absolute Gasteiger partial charge is 0.410 e. The summed E-state index contributed by atoms with van der Waals surface area (Å²) in [6, 6.07) is 19.6. The molecule has 1 saturated heterocycles. The monoisotopic (exact) mass is 309 g/mol. The Kier molecular flexibility index (Phi) is 3.54. The molecule has 1 N–H and O–H groups in total. The molecule has 1 saturated carbocycles. The Bertz CT molecular complexity index is 682. The predicted molar refractivity (Wildman–Crippen MR) is 85.8 cm³/mol. The van der Waals surface area contributed by atoms with Gasteiger partial charge in [0.25, 0.3) is 0 Å². The highest BCUT2D eigenvalue weighted by molar-refractivity contribution is 5.70. The van der Waals surface area contributed by atoms with Crippen LogP contribution in [-0.2, 0) is 11.3 Å². The maximum atomic E-state index is 12.2. The fourth-order valence-electron chi connectivity index (χ4n) is 3.75. The Morgan fingerprint density at radius 2 is 1.74 bits per heavy atom. The molecule has 0 aromatic heterocycles. The van der Waals surface area contributed by atoms with Crippen LogP contribution in [0, 0.1) is 5.92 Å². The summed E-state index contributed by atoms with van der Waals surface area (Å²) in [5.74, 6) is 0.482. The van der Waals surface area contributed by atoms with E-state index in [1.54, 1.807) is 4.90 Å². The van der Waals surface area contributed by atoms with E-state index in [2.05, 4.69) is 0 Å². The highest BCUT2D eigenvalue weighted by Gasteiger charge is 2.61. The summed E-state index contributed by atoms with van der Waals surface area (Å²) in [5, 5.41) is 10.4. The standard InChI is InChI=1S/C19H19NO3/c21-18-16(14-9-5-2-6-10-14)15-11-20(17(15)18)19(22)23-12-13-7-3-1-4-8-13/h1-10,15-18,21H,11-12H2/t15-,16+,17-,18-/m1/s1. The molecule has 2 fully saturated rings. The molecular formula is C19H19NO3. The minimum absolute atomic E-state index is 0.0940. The average Bonchev–Trinajstić information content (AvgIpc) is 2.57. The van der Waals surface area contributed by atoms with E-state index in [-0.39, 0.29) is 24.7 Å². The second-order valence-corrected chi connectivity index (χ2v) is 6.27. The molecule has 2 aromatic rings. The summed E-state index contributed by atoms with van der Waals surface area (Å²) in [7, 11) is 0. The first kappa shape index (κ1) is 14.3. The lowest BCUT2D eigenvalue weighted by Crippen LogP contribution is -2.74. The summed E-state index contributed by atoms with van der Waals surface area (Å²) < 4.78 is 5.35. The average molecular weight is 309 g/mol. The Morgan fingerprint density at radius 1 is 1.09 bits per heavy atom. The number of hydrogen-bond donors (Lipinski definition) is 1. The summed E-state index contributed by atoms with van der Waals surface area (Å²) in [5.41, 5.74) is 2.12.